The summed E-state index contributed by atoms with van der Waals surface area (Å²) in [7, 11) is 0. The van der Waals surface area contributed by atoms with Crippen molar-refractivity contribution < 1.29 is 0 Å². The molecule has 0 saturated heterocycles. The first-order valence-corrected chi connectivity index (χ1v) is 5.16. The lowest BCUT2D eigenvalue weighted by molar-refractivity contribution is 0.549. The van der Waals surface area contributed by atoms with Crippen molar-refractivity contribution in [1.29, 1.82) is 0 Å². The van der Waals surface area contributed by atoms with E-state index < -0.39 is 0 Å². The van der Waals surface area contributed by atoms with Crippen LogP contribution in [0.1, 0.15) is 34.0 Å². The number of aromatic nitrogens is 2. The molecular formula is C11H16N2S. The molecule has 0 radical (unpaired) electrons. The molecule has 2 nitrogen and oxygen atoms in total. The van der Waals surface area contributed by atoms with Crippen LogP contribution in [-0.4, -0.2) is 9.97 Å². The van der Waals surface area contributed by atoms with E-state index in [1.54, 1.807) is 11.3 Å². The summed E-state index contributed by atoms with van der Waals surface area (Å²) in [6, 6.07) is 2.05. The lowest BCUT2D eigenvalue weighted by atomic mass is 9.96. The van der Waals surface area contributed by atoms with Crippen LogP contribution < -0.4 is 0 Å². The molecule has 2 heterocycles. The Morgan fingerprint density at radius 1 is 1.29 bits per heavy atom. The quantitative estimate of drug-likeness (QED) is 0.660. The van der Waals surface area contributed by atoms with Crippen LogP contribution in [0.5, 0.6) is 0 Å². The van der Waals surface area contributed by atoms with Gasteiger partial charge in [0.15, 0.2) is 0 Å². The maximum atomic E-state index is 4.51. The molecule has 0 aliphatic rings. The number of hydrogen-bond donors (Lipinski definition) is 0. The molecule has 2 aromatic rings. The Hall–Kier alpha value is -0.960. The average molecular weight is 208 g/mol. The molecule has 0 amide bonds. The molecule has 0 spiro atoms. The summed E-state index contributed by atoms with van der Waals surface area (Å²) in [6.07, 6.45) is 1.90. The van der Waals surface area contributed by atoms with E-state index in [0.717, 1.165) is 16.0 Å². The van der Waals surface area contributed by atoms with Crippen molar-refractivity contribution in [3.63, 3.8) is 0 Å². The fourth-order valence-corrected chi connectivity index (χ4v) is 1.86. The maximum Gasteiger partial charge on any atom is 0.135 e. The first-order valence-electron chi connectivity index (χ1n) is 4.28. The summed E-state index contributed by atoms with van der Waals surface area (Å²) in [6.45, 7) is 6.38. The summed E-state index contributed by atoms with van der Waals surface area (Å²) in [5.41, 5.74) is 0.0399. The second-order valence-electron chi connectivity index (χ2n) is 4.12. The monoisotopic (exact) mass is 208 g/mol. The van der Waals surface area contributed by atoms with Gasteiger partial charge in [0, 0.05) is 17.0 Å². The Bertz CT molecular complexity index is 426. The zero-order valence-electron chi connectivity index (χ0n) is 8.03. The average Bonchev–Trinajstić information content (AvgIpc) is 2.47. The van der Waals surface area contributed by atoms with Crippen LogP contribution in [0.2, 0.25) is 0 Å². The molecule has 76 valence electrons. The van der Waals surface area contributed by atoms with E-state index in [-0.39, 0.29) is 12.8 Å². The zero-order valence-corrected chi connectivity index (χ0v) is 8.85. The third-order valence-electron chi connectivity index (χ3n) is 1.88. The third kappa shape index (κ3) is 1.93. The van der Waals surface area contributed by atoms with E-state index in [9.17, 15) is 0 Å². The van der Waals surface area contributed by atoms with E-state index in [1.807, 2.05) is 17.6 Å². The Labute approximate surface area is 89.0 Å². The minimum atomic E-state index is 0. The molecule has 0 bridgehead atoms. The van der Waals surface area contributed by atoms with Gasteiger partial charge in [-0.15, -0.1) is 11.3 Å². The molecule has 0 N–H and O–H groups in total. The molecule has 2 aromatic heterocycles. The van der Waals surface area contributed by atoms with Gasteiger partial charge in [-0.1, -0.05) is 28.2 Å². The van der Waals surface area contributed by atoms with Crippen molar-refractivity contribution in [3.8, 4) is 0 Å². The highest BCUT2D eigenvalue weighted by Gasteiger charge is 2.17. The van der Waals surface area contributed by atoms with Crippen molar-refractivity contribution in [2.24, 2.45) is 0 Å². The van der Waals surface area contributed by atoms with Crippen molar-refractivity contribution in [1.82, 2.24) is 9.97 Å². The van der Waals surface area contributed by atoms with Crippen LogP contribution >= 0.6 is 11.3 Å². The number of nitrogens with zero attached hydrogens (tertiary/aromatic N) is 2. The molecule has 0 fully saturated rings. The maximum absolute atomic E-state index is 4.51. The first-order chi connectivity index (χ1) is 6.07. The number of rotatable bonds is 0. The predicted octanol–water partition coefficient (Wildman–Crippen LogP) is 3.62. The van der Waals surface area contributed by atoms with Gasteiger partial charge in [0.05, 0.1) is 0 Å². The van der Waals surface area contributed by atoms with Crippen molar-refractivity contribution >= 4 is 21.6 Å². The van der Waals surface area contributed by atoms with Gasteiger partial charge in [-0.25, -0.2) is 9.97 Å². The Balaban J connectivity index is 0.000000980. The van der Waals surface area contributed by atoms with Gasteiger partial charge < -0.3 is 0 Å². The Morgan fingerprint density at radius 3 is 2.64 bits per heavy atom. The summed E-state index contributed by atoms with van der Waals surface area (Å²) in [5, 5.41) is 3.18. The van der Waals surface area contributed by atoms with E-state index in [1.165, 1.54) is 0 Å². The first kappa shape index (κ1) is 11.1. The highest BCUT2D eigenvalue weighted by atomic mass is 32.1. The van der Waals surface area contributed by atoms with Gasteiger partial charge >= 0.3 is 0 Å². The SMILES string of the molecule is C.CC(C)(C)c1ncc2ccsc2n1. The summed E-state index contributed by atoms with van der Waals surface area (Å²) >= 11 is 1.67. The van der Waals surface area contributed by atoms with E-state index >= 15 is 0 Å². The smallest absolute Gasteiger partial charge is 0.135 e. The molecule has 0 atom stereocenters. The highest BCUT2D eigenvalue weighted by molar-refractivity contribution is 7.16. The molecule has 2 rings (SSSR count). The number of fused-ring (bicyclic) bond motifs is 1. The molecule has 3 heteroatoms. The van der Waals surface area contributed by atoms with Crippen LogP contribution in [-0.2, 0) is 5.41 Å². The lowest BCUT2D eigenvalue weighted by Crippen LogP contribution is -2.15. The van der Waals surface area contributed by atoms with Gasteiger partial charge in [-0.2, -0.15) is 0 Å². The van der Waals surface area contributed by atoms with Crippen molar-refractivity contribution in [2.45, 2.75) is 33.6 Å². The molecule has 0 aliphatic carbocycles. The van der Waals surface area contributed by atoms with Gasteiger partial charge in [0.2, 0.25) is 0 Å². The van der Waals surface area contributed by atoms with Gasteiger partial charge in [0.25, 0.3) is 0 Å². The summed E-state index contributed by atoms with van der Waals surface area (Å²) in [5.74, 6) is 0.919. The molecule has 0 saturated carbocycles. The minimum absolute atomic E-state index is 0. The lowest BCUT2D eigenvalue weighted by Gasteiger charge is -2.15. The van der Waals surface area contributed by atoms with Gasteiger partial charge in [0.1, 0.15) is 10.7 Å². The molecule has 0 unspecified atom stereocenters. The van der Waals surface area contributed by atoms with Gasteiger partial charge in [-0.05, 0) is 11.4 Å². The minimum Gasteiger partial charge on any atom is -0.240 e. The number of thiophene rings is 1. The second kappa shape index (κ2) is 3.65. The molecular weight excluding hydrogens is 192 g/mol. The van der Waals surface area contributed by atoms with Crippen LogP contribution in [0, 0.1) is 0 Å². The third-order valence-corrected chi connectivity index (χ3v) is 2.70. The van der Waals surface area contributed by atoms with Crippen LogP contribution in [0.3, 0.4) is 0 Å². The predicted molar refractivity (Wildman–Crippen MR) is 62.8 cm³/mol. The van der Waals surface area contributed by atoms with Crippen LogP contribution in [0.15, 0.2) is 17.6 Å². The Kier molecular flexibility index (Phi) is 2.90. The van der Waals surface area contributed by atoms with E-state index in [4.69, 9.17) is 0 Å². The van der Waals surface area contributed by atoms with E-state index in [2.05, 4.69) is 30.7 Å². The fourth-order valence-electron chi connectivity index (χ4n) is 1.12. The largest absolute Gasteiger partial charge is 0.240 e. The van der Waals surface area contributed by atoms with E-state index in [0.29, 0.717) is 0 Å². The molecule has 14 heavy (non-hydrogen) atoms. The van der Waals surface area contributed by atoms with Crippen molar-refractivity contribution in [3.05, 3.63) is 23.5 Å². The second-order valence-corrected chi connectivity index (χ2v) is 5.02. The Morgan fingerprint density at radius 2 is 2.00 bits per heavy atom. The van der Waals surface area contributed by atoms with Crippen LogP contribution in [0.25, 0.3) is 10.2 Å². The van der Waals surface area contributed by atoms with Crippen LogP contribution in [0.4, 0.5) is 0 Å². The summed E-state index contributed by atoms with van der Waals surface area (Å²) in [4.78, 5) is 9.94. The highest BCUT2D eigenvalue weighted by Crippen LogP contribution is 2.22. The number of hydrogen-bond acceptors (Lipinski definition) is 3. The molecule has 0 aromatic carbocycles. The molecule has 0 aliphatic heterocycles. The van der Waals surface area contributed by atoms with Crippen molar-refractivity contribution in [2.75, 3.05) is 0 Å². The normalized spacial score (nSPS) is 11.4. The summed E-state index contributed by atoms with van der Waals surface area (Å²) < 4.78 is 0. The standard InChI is InChI=1S/C10H12N2S.CH4/c1-10(2,3)9-11-6-7-4-5-13-8(7)12-9;/h4-6H,1-3H3;1H4. The van der Waals surface area contributed by atoms with Gasteiger partial charge in [-0.3, -0.25) is 0 Å². The fraction of sp³-hybridized carbons (Fsp3) is 0.455. The topological polar surface area (TPSA) is 25.8 Å². The zero-order chi connectivity index (χ0) is 9.47.